The van der Waals surface area contributed by atoms with Crippen LogP contribution in [0.1, 0.15) is 25.7 Å². The van der Waals surface area contributed by atoms with Crippen LogP contribution in [0.2, 0.25) is 0 Å². The minimum absolute atomic E-state index is 0.178. The highest BCUT2D eigenvalue weighted by atomic mass is 16.1. The van der Waals surface area contributed by atoms with Crippen LogP contribution in [0, 0.1) is 17.2 Å². The summed E-state index contributed by atoms with van der Waals surface area (Å²) in [7, 11) is 0. The summed E-state index contributed by atoms with van der Waals surface area (Å²) in [6.45, 7) is 0. The Kier molecular flexibility index (Phi) is 2.25. The molecule has 0 saturated heterocycles. The van der Waals surface area contributed by atoms with Gasteiger partial charge in [0.15, 0.2) is 0 Å². The number of nitriles is 1. The van der Waals surface area contributed by atoms with Crippen molar-refractivity contribution >= 4 is 5.94 Å². The van der Waals surface area contributed by atoms with Crippen molar-refractivity contribution in [3.05, 3.63) is 5.57 Å². The molecule has 0 radical (unpaired) electrons. The molecule has 0 amide bonds. The third-order valence-corrected chi connectivity index (χ3v) is 1.92. The van der Waals surface area contributed by atoms with Gasteiger partial charge in [0.1, 0.15) is 5.94 Å². The molecule has 52 valence electrons. The van der Waals surface area contributed by atoms with E-state index in [1.807, 2.05) is 5.94 Å². The molecule has 0 aromatic carbocycles. The number of rotatable bonds is 0. The van der Waals surface area contributed by atoms with Gasteiger partial charge < -0.3 is 0 Å². The minimum atomic E-state index is 0.178. The van der Waals surface area contributed by atoms with Crippen molar-refractivity contribution in [1.82, 2.24) is 0 Å². The highest BCUT2D eigenvalue weighted by molar-refractivity contribution is 5.52. The fourth-order valence-electron chi connectivity index (χ4n) is 1.20. The fourth-order valence-corrected chi connectivity index (χ4v) is 1.20. The minimum Gasteiger partial charge on any atom is -0.234 e. The third-order valence-electron chi connectivity index (χ3n) is 1.92. The van der Waals surface area contributed by atoms with E-state index >= 15 is 0 Å². The summed E-state index contributed by atoms with van der Waals surface area (Å²) >= 11 is 0. The first-order chi connectivity index (χ1) is 4.86. The first-order valence-corrected chi connectivity index (χ1v) is 3.49. The number of nitrogens with zero attached hydrogens (tertiary/aromatic N) is 1. The van der Waals surface area contributed by atoms with Crippen LogP contribution in [0.15, 0.2) is 5.57 Å². The van der Waals surface area contributed by atoms with Crippen molar-refractivity contribution in [3.8, 4) is 6.07 Å². The van der Waals surface area contributed by atoms with Crippen molar-refractivity contribution in [3.63, 3.8) is 0 Å². The molecule has 0 heterocycles. The zero-order valence-corrected chi connectivity index (χ0v) is 5.76. The van der Waals surface area contributed by atoms with Crippen LogP contribution in [0.3, 0.4) is 0 Å². The smallest absolute Gasteiger partial charge is 0.123 e. The number of carbonyl (C=O) groups excluding carboxylic acids is 1. The van der Waals surface area contributed by atoms with Crippen LogP contribution in [-0.4, -0.2) is 5.94 Å². The third kappa shape index (κ3) is 1.46. The Morgan fingerprint density at radius 2 is 2.00 bits per heavy atom. The summed E-state index contributed by atoms with van der Waals surface area (Å²) < 4.78 is 0. The standard InChI is InChI=1S/C8H9NO/c9-5-7-1-3-8(6-10)4-2-7/h7H,1-4H2. The Morgan fingerprint density at radius 1 is 1.40 bits per heavy atom. The first kappa shape index (κ1) is 7.05. The van der Waals surface area contributed by atoms with Crippen molar-refractivity contribution in [1.29, 1.82) is 5.26 Å². The van der Waals surface area contributed by atoms with Crippen molar-refractivity contribution < 1.29 is 4.79 Å². The topological polar surface area (TPSA) is 40.9 Å². The summed E-state index contributed by atoms with van der Waals surface area (Å²) in [6, 6.07) is 2.21. The van der Waals surface area contributed by atoms with Gasteiger partial charge in [0.2, 0.25) is 0 Å². The average Bonchev–Trinajstić information content (AvgIpc) is 2.05. The zero-order valence-electron chi connectivity index (χ0n) is 5.76. The van der Waals surface area contributed by atoms with Crippen molar-refractivity contribution in [2.75, 3.05) is 0 Å². The average molecular weight is 135 g/mol. The second-order valence-electron chi connectivity index (χ2n) is 2.61. The summed E-state index contributed by atoms with van der Waals surface area (Å²) in [5.74, 6) is 2.08. The molecule has 1 rings (SSSR count). The predicted molar refractivity (Wildman–Crippen MR) is 36.8 cm³/mol. The number of hydrogen-bond acceptors (Lipinski definition) is 2. The highest BCUT2D eigenvalue weighted by Gasteiger charge is 2.15. The summed E-state index contributed by atoms with van der Waals surface area (Å²) in [6.07, 6.45) is 3.26. The van der Waals surface area contributed by atoms with Gasteiger partial charge in [0.05, 0.1) is 6.07 Å². The van der Waals surface area contributed by atoms with Gasteiger partial charge in [-0.05, 0) is 25.7 Å². The molecule has 1 aliphatic rings. The maximum absolute atomic E-state index is 10.1. The first-order valence-electron chi connectivity index (χ1n) is 3.49. The lowest BCUT2D eigenvalue weighted by Crippen LogP contribution is -2.05. The van der Waals surface area contributed by atoms with E-state index in [0.29, 0.717) is 0 Å². The lowest BCUT2D eigenvalue weighted by Gasteiger charge is -2.14. The van der Waals surface area contributed by atoms with E-state index in [-0.39, 0.29) is 5.92 Å². The van der Waals surface area contributed by atoms with Crippen LogP contribution in [0.25, 0.3) is 0 Å². The van der Waals surface area contributed by atoms with Gasteiger partial charge in [0.25, 0.3) is 0 Å². The molecule has 0 aromatic rings. The monoisotopic (exact) mass is 135 g/mol. The second-order valence-corrected chi connectivity index (χ2v) is 2.61. The van der Waals surface area contributed by atoms with E-state index in [1.165, 1.54) is 0 Å². The molecule has 0 unspecified atom stereocenters. The summed E-state index contributed by atoms with van der Waals surface area (Å²) in [4.78, 5) is 10.1. The molecule has 0 N–H and O–H groups in total. The van der Waals surface area contributed by atoms with Gasteiger partial charge in [-0.3, -0.25) is 0 Å². The molecule has 0 spiro atoms. The van der Waals surface area contributed by atoms with Gasteiger partial charge in [-0.25, -0.2) is 4.79 Å². The Morgan fingerprint density at radius 3 is 2.40 bits per heavy atom. The molecular formula is C8H9NO. The molecule has 2 nitrogen and oxygen atoms in total. The van der Waals surface area contributed by atoms with Crippen LogP contribution >= 0.6 is 0 Å². The van der Waals surface area contributed by atoms with E-state index in [2.05, 4.69) is 6.07 Å². The molecule has 2 heteroatoms. The Labute approximate surface area is 60.2 Å². The van der Waals surface area contributed by atoms with Crippen LogP contribution in [-0.2, 0) is 4.79 Å². The maximum Gasteiger partial charge on any atom is 0.123 e. The number of allylic oxidation sites excluding steroid dienone is 1. The molecule has 0 bridgehead atoms. The van der Waals surface area contributed by atoms with Crippen LogP contribution in [0.4, 0.5) is 0 Å². The van der Waals surface area contributed by atoms with Gasteiger partial charge >= 0.3 is 0 Å². The maximum atomic E-state index is 10.1. The SMILES string of the molecule is N#CC1CCC(=C=O)CC1. The lowest BCUT2D eigenvalue weighted by atomic mass is 9.88. The van der Waals surface area contributed by atoms with Crippen LogP contribution in [0.5, 0.6) is 0 Å². The normalized spacial score (nSPS) is 25.1. The molecule has 1 aliphatic carbocycles. The fraction of sp³-hybridized carbons (Fsp3) is 0.625. The Hall–Kier alpha value is -1.06. The van der Waals surface area contributed by atoms with Gasteiger partial charge in [0, 0.05) is 11.5 Å². The van der Waals surface area contributed by atoms with Gasteiger partial charge in [-0.2, -0.15) is 5.26 Å². The molecule has 0 aromatic heterocycles. The quantitative estimate of drug-likeness (QED) is 0.472. The molecule has 0 atom stereocenters. The Bertz CT molecular complexity index is 198. The van der Waals surface area contributed by atoms with E-state index in [9.17, 15) is 4.79 Å². The zero-order chi connectivity index (χ0) is 7.40. The van der Waals surface area contributed by atoms with E-state index < -0.39 is 0 Å². The largest absolute Gasteiger partial charge is 0.234 e. The van der Waals surface area contributed by atoms with E-state index in [0.717, 1.165) is 31.3 Å². The highest BCUT2D eigenvalue weighted by Crippen LogP contribution is 2.25. The molecule has 1 fully saturated rings. The summed E-state index contributed by atoms with van der Waals surface area (Å²) in [5, 5.41) is 8.49. The van der Waals surface area contributed by atoms with Gasteiger partial charge in [-0.1, -0.05) is 0 Å². The molecular weight excluding hydrogens is 126 g/mol. The van der Waals surface area contributed by atoms with Crippen LogP contribution < -0.4 is 0 Å². The summed E-state index contributed by atoms with van der Waals surface area (Å²) in [5.41, 5.74) is 0.853. The Balaban J connectivity index is 2.47. The van der Waals surface area contributed by atoms with E-state index in [4.69, 9.17) is 5.26 Å². The predicted octanol–water partition coefficient (Wildman–Crippen LogP) is 1.46. The second kappa shape index (κ2) is 3.20. The van der Waals surface area contributed by atoms with E-state index in [1.54, 1.807) is 0 Å². The molecule has 0 aliphatic heterocycles. The molecule has 1 saturated carbocycles. The lowest BCUT2D eigenvalue weighted by molar-refractivity contribution is 0.493. The van der Waals surface area contributed by atoms with Gasteiger partial charge in [-0.15, -0.1) is 0 Å². The molecule has 10 heavy (non-hydrogen) atoms. The van der Waals surface area contributed by atoms with Crippen molar-refractivity contribution in [2.45, 2.75) is 25.7 Å². The number of hydrogen-bond donors (Lipinski definition) is 0. The van der Waals surface area contributed by atoms with Crippen molar-refractivity contribution in [2.24, 2.45) is 5.92 Å².